The molecule has 0 aromatic heterocycles. The van der Waals surface area contributed by atoms with E-state index in [2.05, 4.69) is 5.32 Å². The van der Waals surface area contributed by atoms with Gasteiger partial charge in [-0.2, -0.15) is 0 Å². The van der Waals surface area contributed by atoms with Crippen molar-refractivity contribution in [1.82, 2.24) is 5.32 Å². The van der Waals surface area contributed by atoms with Gasteiger partial charge < -0.3 is 10.4 Å². The van der Waals surface area contributed by atoms with E-state index in [1.165, 1.54) is 6.07 Å². The summed E-state index contributed by atoms with van der Waals surface area (Å²) in [6.07, 6.45) is 0.779. The van der Waals surface area contributed by atoms with E-state index in [0.717, 1.165) is 18.1 Å². The maximum Gasteiger partial charge on any atom is 0.159 e. The van der Waals surface area contributed by atoms with Crippen molar-refractivity contribution in [2.75, 3.05) is 0 Å². The van der Waals surface area contributed by atoms with Gasteiger partial charge >= 0.3 is 0 Å². The quantitative estimate of drug-likeness (QED) is 0.868. The molecular formula is C16H17F2NO. The number of aromatic hydroxyl groups is 1. The van der Waals surface area contributed by atoms with Gasteiger partial charge in [-0.25, -0.2) is 8.78 Å². The summed E-state index contributed by atoms with van der Waals surface area (Å²) in [5, 5.41) is 13.1. The van der Waals surface area contributed by atoms with Crippen LogP contribution in [-0.4, -0.2) is 5.11 Å². The van der Waals surface area contributed by atoms with Crippen LogP contribution in [0.3, 0.4) is 0 Å². The molecule has 2 aromatic carbocycles. The van der Waals surface area contributed by atoms with Gasteiger partial charge in [0.2, 0.25) is 0 Å². The number of hydrogen-bond donors (Lipinski definition) is 2. The lowest BCUT2D eigenvalue weighted by molar-refractivity contribution is 0.440. The highest BCUT2D eigenvalue weighted by Crippen LogP contribution is 2.26. The highest BCUT2D eigenvalue weighted by molar-refractivity contribution is 5.34. The number of rotatable bonds is 5. The van der Waals surface area contributed by atoms with Crippen molar-refractivity contribution >= 4 is 0 Å². The molecule has 0 saturated heterocycles. The van der Waals surface area contributed by atoms with Crippen molar-refractivity contribution in [2.45, 2.75) is 25.9 Å². The van der Waals surface area contributed by atoms with Gasteiger partial charge in [0.15, 0.2) is 11.6 Å². The van der Waals surface area contributed by atoms with Gasteiger partial charge in [-0.15, -0.1) is 0 Å². The zero-order chi connectivity index (χ0) is 14.5. The lowest BCUT2D eigenvalue weighted by Crippen LogP contribution is -2.20. The Morgan fingerprint density at radius 3 is 2.50 bits per heavy atom. The Morgan fingerprint density at radius 2 is 1.85 bits per heavy atom. The van der Waals surface area contributed by atoms with Crippen molar-refractivity contribution in [2.24, 2.45) is 0 Å². The molecule has 0 heterocycles. The normalized spacial score (nSPS) is 12.3. The zero-order valence-electron chi connectivity index (χ0n) is 11.2. The maximum absolute atomic E-state index is 13.1. The number of para-hydroxylation sites is 1. The molecule has 0 fully saturated rings. The first-order valence-corrected chi connectivity index (χ1v) is 6.57. The molecule has 2 rings (SSSR count). The topological polar surface area (TPSA) is 32.3 Å². The van der Waals surface area contributed by atoms with Crippen molar-refractivity contribution < 1.29 is 13.9 Å². The average Bonchev–Trinajstić information content (AvgIpc) is 2.45. The molecule has 2 aromatic rings. The first-order valence-electron chi connectivity index (χ1n) is 6.57. The van der Waals surface area contributed by atoms with Crippen LogP contribution in [-0.2, 0) is 6.54 Å². The van der Waals surface area contributed by atoms with Gasteiger partial charge in [0, 0.05) is 18.2 Å². The van der Waals surface area contributed by atoms with E-state index >= 15 is 0 Å². The summed E-state index contributed by atoms with van der Waals surface area (Å²) >= 11 is 0. The molecule has 0 aliphatic rings. The Balaban J connectivity index is 2.08. The minimum atomic E-state index is -0.847. The minimum Gasteiger partial charge on any atom is -0.508 e. The monoisotopic (exact) mass is 277 g/mol. The molecule has 106 valence electrons. The third-order valence-corrected chi connectivity index (χ3v) is 3.26. The molecule has 2 N–H and O–H groups in total. The summed E-state index contributed by atoms with van der Waals surface area (Å²) in [5.74, 6) is -1.46. The molecule has 0 bridgehead atoms. The van der Waals surface area contributed by atoms with Gasteiger partial charge in [-0.05, 0) is 30.2 Å². The van der Waals surface area contributed by atoms with E-state index in [-0.39, 0.29) is 11.8 Å². The fourth-order valence-electron chi connectivity index (χ4n) is 2.15. The van der Waals surface area contributed by atoms with Gasteiger partial charge in [-0.3, -0.25) is 0 Å². The van der Waals surface area contributed by atoms with Crippen LogP contribution in [0.2, 0.25) is 0 Å². The van der Waals surface area contributed by atoms with E-state index in [1.54, 1.807) is 18.2 Å². The Kier molecular flexibility index (Phi) is 4.69. The molecule has 0 radical (unpaired) electrons. The van der Waals surface area contributed by atoms with Gasteiger partial charge in [0.25, 0.3) is 0 Å². The van der Waals surface area contributed by atoms with Crippen molar-refractivity contribution in [3.8, 4) is 5.75 Å². The fraction of sp³-hybridized carbons (Fsp3) is 0.250. The first-order chi connectivity index (χ1) is 9.61. The van der Waals surface area contributed by atoms with Crippen LogP contribution in [0, 0.1) is 11.6 Å². The summed E-state index contributed by atoms with van der Waals surface area (Å²) in [4.78, 5) is 0. The Bertz CT molecular complexity index is 586. The molecule has 2 nitrogen and oxygen atoms in total. The lowest BCUT2D eigenvalue weighted by Gasteiger charge is -2.18. The molecule has 0 spiro atoms. The van der Waals surface area contributed by atoms with Gasteiger partial charge in [0.1, 0.15) is 5.75 Å². The van der Waals surface area contributed by atoms with E-state index in [1.807, 2.05) is 19.1 Å². The first kappa shape index (κ1) is 14.5. The largest absolute Gasteiger partial charge is 0.508 e. The van der Waals surface area contributed by atoms with E-state index in [0.29, 0.717) is 12.1 Å². The van der Waals surface area contributed by atoms with Gasteiger partial charge in [-0.1, -0.05) is 31.2 Å². The summed E-state index contributed by atoms with van der Waals surface area (Å²) in [5.41, 5.74) is 1.47. The molecule has 4 heteroatoms. The molecule has 0 amide bonds. The number of halogens is 2. The summed E-state index contributed by atoms with van der Waals surface area (Å²) in [7, 11) is 0. The fourth-order valence-corrected chi connectivity index (χ4v) is 2.15. The van der Waals surface area contributed by atoms with Crippen LogP contribution in [0.25, 0.3) is 0 Å². The Labute approximate surface area is 117 Å². The van der Waals surface area contributed by atoms with Crippen LogP contribution < -0.4 is 5.32 Å². The minimum absolute atomic E-state index is 0.0377. The van der Waals surface area contributed by atoms with Crippen LogP contribution >= 0.6 is 0 Å². The second-order valence-corrected chi connectivity index (χ2v) is 4.65. The maximum atomic E-state index is 13.1. The Hall–Kier alpha value is -1.94. The third-order valence-electron chi connectivity index (χ3n) is 3.26. The van der Waals surface area contributed by atoms with Crippen LogP contribution in [0.1, 0.15) is 30.5 Å². The summed E-state index contributed by atoms with van der Waals surface area (Å²) in [6, 6.07) is 10.9. The smallest absolute Gasteiger partial charge is 0.159 e. The summed E-state index contributed by atoms with van der Waals surface area (Å²) in [6.45, 7) is 2.40. The molecule has 1 atom stereocenters. The molecule has 20 heavy (non-hydrogen) atoms. The standard InChI is InChI=1S/C16H17F2NO/c1-2-15(12-5-3-4-6-16(12)20)19-10-11-7-8-13(17)14(18)9-11/h3-9,15,19-20H,2,10H2,1H3. The number of phenols is 1. The molecule has 1 unspecified atom stereocenters. The highest BCUT2D eigenvalue weighted by Gasteiger charge is 2.12. The lowest BCUT2D eigenvalue weighted by atomic mass is 10.0. The Morgan fingerprint density at radius 1 is 1.10 bits per heavy atom. The van der Waals surface area contributed by atoms with E-state index < -0.39 is 11.6 Å². The number of hydrogen-bond acceptors (Lipinski definition) is 2. The predicted molar refractivity (Wildman–Crippen MR) is 74.3 cm³/mol. The predicted octanol–water partition coefficient (Wildman–Crippen LogP) is 3.91. The second kappa shape index (κ2) is 6.48. The van der Waals surface area contributed by atoms with Crippen LogP contribution in [0.4, 0.5) is 8.78 Å². The van der Waals surface area contributed by atoms with Gasteiger partial charge in [0.05, 0.1) is 0 Å². The second-order valence-electron chi connectivity index (χ2n) is 4.65. The van der Waals surface area contributed by atoms with E-state index in [9.17, 15) is 13.9 Å². The SMILES string of the molecule is CCC(NCc1ccc(F)c(F)c1)c1ccccc1O. The van der Waals surface area contributed by atoms with Crippen LogP contribution in [0.15, 0.2) is 42.5 Å². The van der Waals surface area contributed by atoms with Crippen molar-refractivity contribution in [3.63, 3.8) is 0 Å². The average molecular weight is 277 g/mol. The molecular weight excluding hydrogens is 260 g/mol. The molecule has 0 aliphatic heterocycles. The van der Waals surface area contributed by atoms with Crippen molar-refractivity contribution in [3.05, 3.63) is 65.2 Å². The molecule has 0 aliphatic carbocycles. The third kappa shape index (κ3) is 3.33. The number of phenolic OH excluding ortho intramolecular Hbond substituents is 1. The van der Waals surface area contributed by atoms with Crippen LogP contribution in [0.5, 0.6) is 5.75 Å². The summed E-state index contributed by atoms with van der Waals surface area (Å²) < 4.78 is 26.0. The molecule has 0 saturated carbocycles. The number of benzene rings is 2. The number of nitrogens with one attached hydrogen (secondary N) is 1. The van der Waals surface area contributed by atoms with E-state index in [4.69, 9.17) is 0 Å². The highest BCUT2D eigenvalue weighted by atomic mass is 19.2. The van der Waals surface area contributed by atoms with Crippen molar-refractivity contribution in [1.29, 1.82) is 0 Å². The zero-order valence-corrected chi connectivity index (χ0v) is 11.2.